The van der Waals surface area contributed by atoms with Gasteiger partial charge in [-0.15, -0.1) is 0 Å². The quantitative estimate of drug-likeness (QED) is 0.735. The van der Waals surface area contributed by atoms with Crippen molar-refractivity contribution in [1.29, 1.82) is 0 Å². The Morgan fingerprint density at radius 2 is 1.93 bits per heavy atom. The Labute approximate surface area is 87.4 Å². The van der Waals surface area contributed by atoms with Crippen LogP contribution in [-0.4, -0.2) is 17.9 Å². The van der Waals surface area contributed by atoms with Crippen molar-refractivity contribution in [3.8, 4) is 0 Å². The molecule has 2 rings (SSSR count). The highest BCUT2D eigenvalue weighted by Gasteiger charge is 2.45. The fourth-order valence-corrected chi connectivity index (χ4v) is 3.00. The molecule has 2 heteroatoms. The fourth-order valence-electron chi connectivity index (χ4n) is 3.00. The van der Waals surface area contributed by atoms with E-state index in [2.05, 4.69) is 19.2 Å². The molecule has 0 bridgehead atoms. The van der Waals surface area contributed by atoms with Crippen molar-refractivity contribution in [2.75, 3.05) is 6.61 Å². The third-order valence-corrected chi connectivity index (χ3v) is 3.66. The Bertz CT molecular complexity index is 198. The molecule has 14 heavy (non-hydrogen) atoms. The summed E-state index contributed by atoms with van der Waals surface area (Å²) < 4.78 is 6.04. The number of hydrogen-bond donors (Lipinski definition) is 1. The topological polar surface area (TPSA) is 21.3 Å². The fraction of sp³-hybridized carbons (Fsp3) is 1.00. The molecule has 1 N–H and O–H groups in total. The van der Waals surface area contributed by atoms with E-state index in [9.17, 15) is 0 Å². The maximum atomic E-state index is 6.04. The van der Waals surface area contributed by atoms with Crippen LogP contribution < -0.4 is 5.32 Å². The minimum absolute atomic E-state index is 0.0577. The van der Waals surface area contributed by atoms with E-state index in [4.69, 9.17) is 4.74 Å². The molecule has 0 aromatic carbocycles. The molecule has 2 aliphatic rings. The molecule has 2 nitrogen and oxygen atoms in total. The molecule has 1 saturated heterocycles. The molecule has 1 heterocycles. The van der Waals surface area contributed by atoms with E-state index in [0.717, 1.165) is 6.61 Å². The first kappa shape index (κ1) is 10.4. The second-order valence-corrected chi connectivity index (χ2v) is 5.28. The van der Waals surface area contributed by atoms with Gasteiger partial charge in [0.2, 0.25) is 0 Å². The summed E-state index contributed by atoms with van der Waals surface area (Å²) in [6.07, 6.45) is 8.94. The van der Waals surface area contributed by atoms with E-state index in [1.807, 2.05) is 0 Å². The Kier molecular flexibility index (Phi) is 2.85. The Morgan fingerprint density at radius 3 is 2.57 bits per heavy atom. The van der Waals surface area contributed by atoms with Gasteiger partial charge < -0.3 is 4.74 Å². The molecule has 0 unspecified atom stereocenters. The highest BCUT2D eigenvalue weighted by molar-refractivity contribution is 4.98. The Morgan fingerprint density at radius 1 is 1.21 bits per heavy atom. The second kappa shape index (κ2) is 3.82. The van der Waals surface area contributed by atoms with Gasteiger partial charge >= 0.3 is 0 Å². The van der Waals surface area contributed by atoms with E-state index in [1.54, 1.807) is 0 Å². The van der Waals surface area contributed by atoms with Gasteiger partial charge in [-0.05, 0) is 39.0 Å². The molecule has 1 aliphatic heterocycles. The van der Waals surface area contributed by atoms with Crippen molar-refractivity contribution in [1.82, 2.24) is 5.32 Å². The zero-order valence-electron chi connectivity index (χ0n) is 9.57. The third-order valence-electron chi connectivity index (χ3n) is 3.66. The molecule has 2 fully saturated rings. The Balaban J connectivity index is 1.98. The highest BCUT2D eigenvalue weighted by Crippen LogP contribution is 2.37. The standard InChI is InChI=1S/C12H23NO/c1-3-7-11(2)10-14-12(13-11)8-5-4-6-9-12/h13H,3-10H2,1-2H3/t11-/m1/s1. The van der Waals surface area contributed by atoms with Crippen molar-refractivity contribution in [3.05, 3.63) is 0 Å². The van der Waals surface area contributed by atoms with Gasteiger partial charge in [-0.2, -0.15) is 0 Å². The maximum absolute atomic E-state index is 6.04. The maximum Gasteiger partial charge on any atom is 0.119 e. The summed E-state index contributed by atoms with van der Waals surface area (Å²) in [5, 5.41) is 3.76. The summed E-state index contributed by atoms with van der Waals surface area (Å²) in [6, 6.07) is 0. The normalized spacial score (nSPS) is 36.4. The summed E-state index contributed by atoms with van der Waals surface area (Å²) in [5.74, 6) is 0. The molecule has 0 aromatic rings. The number of hydrogen-bond acceptors (Lipinski definition) is 2. The SMILES string of the molecule is CCC[C@]1(C)COC2(CCCCC2)N1. The van der Waals surface area contributed by atoms with Crippen LogP contribution in [0.25, 0.3) is 0 Å². The Hall–Kier alpha value is -0.0800. The predicted molar refractivity (Wildman–Crippen MR) is 58.2 cm³/mol. The lowest BCUT2D eigenvalue weighted by Gasteiger charge is -2.35. The molecular formula is C12H23NO. The van der Waals surface area contributed by atoms with Crippen LogP contribution in [0, 0.1) is 0 Å². The van der Waals surface area contributed by atoms with Crippen LogP contribution >= 0.6 is 0 Å². The van der Waals surface area contributed by atoms with Gasteiger partial charge in [0, 0.05) is 5.54 Å². The van der Waals surface area contributed by atoms with Crippen molar-refractivity contribution < 1.29 is 4.74 Å². The average Bonchev–Trinajstić information content (AvgIpc) is 2.46. The number of ether oxygens (including phenoxy) is 1. The highest BCUT2D eigenvalue weighted by atomic mass is 16.5. The molecule has 0 aromatic heterocycles. The summed E-state index contributed by atoms with van der Waals surface area (Å²) in [7, 11) is 0. The number of rotatable bonds is 2. The zero-order valence-corrected chi connectivity index (χ0v) is 9.57. The molecule has 0 radical (unpaired) electrons. The molecule has 0 amide bonds. The van der Waals surface area contributed by atoms with Gasteiger partial charge in [0.1, 0.15) is 5.72 Å². The van der Waals surface area contributed by atoms with Gasteiger partial charge in [0.05, 0.1) is 6.61 Å². The van der Waals surface area contributed by atoms with Crippen molar-refractivity contribution >= 4 is 0 Å². The van der Waals surface area contributed by atoms with Crippen LogP contribution in [0.5, 0.6) is 0 Å². The van der Waals surface area contributed by atoms with Crippen LogP contribution in [0.1, 0.15) is 58.8 Å². The molecule has 1 saturated carbocycles. The monoisotopic (exact) mass is 197 g/mol. The third kappa shape index (κ3) is 1.96. The van der Waals surface area contributed by atoms with Gasteiger partial charge in [0.15, 0.2) is 0 Å². The summed E-state index contributed by atoms with van der Waals surface area (Å²) in [4.78, 5) is 0. The first-order valence-electron chi connectivity index (χ1n) is 6.11. The van der Waals surface area contributed by atoms with E-state index in [0.29, 0.717) is 0 Å². The average molecular weight is 197 g/mol. The van der Waals surface area contributed by atoms with Crippen LogP contribution in [0.15, 0.2) is 0 Å². The van der Waals surface area contributed by atoms with Gasteiger partial charge in [0.25, 0.3) is 0 Å². The minimum Gasteiger partial charge on any atom is -0.359 e. The lowest BCUT2D eigenvalue weighted by Crippen LogP contribution is -2.50. The van der Waals surface area contributed by atoms with Crippen LogP contribution in [-0.2, 0) is 4.74 Å². The van der Waals surface area contributed by atoms with Crippen LogP contribution in [0.4, 0.5) is 0 Å². The lowest BCUT2D eigenvalue weighted by atomic mass is 9.90. The largest absolute Gasteiger partial charge is 0.359 e. The second-order valence-electron chi connectivity index (χ2n) is 5.28. The molecule has 1 spiro atoms. The lowest BCUT2D eigenvalue weighted by molar-refractivity contribution is -0.0384. The summed E-state index contributed by atoms with van der Waals surface area (Å²) >= 11 is 0. The number of nitrogens with one attached hydrogen (secondary N) is 1. The molecule has 82 valence electrons. The molecule has 1 atom stereocenters. The van der Waals surface area contributed by atoms with E-state index in [1.165, 1.54) is 44.9 Å². The molecular weight excluding hydrogens is 174 g/mol. The van der Waals surface area contributed by atoms with Crippen molar-refractivity contribution in [2.45, 2.75) is 70.1 Å². The predicted octanol–water partition coefficient (Wildman–Crippen LogP) is 2.83. The zero-order chi connectivity index (χ0) is 10.1. The van der Waals surface area contributed by atoms with E-state index in [-0.39, 0.29) is 11.3 Å². The molecule has 1 aliphatic carbocycles. The minimum atomic E-state index is 0.0577. The van der Waals surface area contributed by atoms with Crippen LogP contribution in [0.2, 0.25) is 0 Å². The van der Waals surface area contributed by atoms with Crippen molar-refractivity contribution in [3.63, 3.8) is 0 Å². The van der Waals surface area contributed by atoms with Gasteiger partial charge in [-0.1, -0.05) is 19.8 Å². The van der Waals surface area contributed by atoms with Gasteiger partial charge in [-0.25, -0.2) is 0 Å². The van der Waals surface area contributed by atoms with E-state index < -0.39 is 0 Å². The summed E-state index contributed by atoms with van der Waals surface area (Å²) in [5.41, 5.74) is 0.300. The van der Waals surface area contributed by atoms with E-state index >= 15 is 0 Å². The van der Waals surface area contributed by atoms with Gasteiger partial charge in [-0.3, -0.25) is 5.32 Å². The smallest absolute Gasteiger partial charge is 0.119 e. The van der Waals surface area contributed by atoms with Crippen molar-refractivity contribution in [2.24, 2.45) is 0 Å². The van der Waals surface area contributed by atoms with Crippen LogP contribution in [0.3, 0.4) is 0 Å². The first-order valence-corrected chi connectivity index (χ1v) is 6.11. The summed E-state index contributed by atoms with van der Waals surface area (Å²) in [6.45, 7) is 5.46. The first-order chi connectivity index (χ1) is 6.68.